The second-order valence-electron chi connectivity index (χ2n) is 5.10. The fourth-order valence-electron chi connectivity index (χ4n) is 2.15. The number of carboxylic acids is 1. The van der Waals surface area contributed by atoms with Crippen molar-refractivity contribution in [2.45, 2.75) is 37.8 Å². The number of hydrogen-bond donors (Lipinski definition) is 3. The predicted octanol–water partition coefficient (Wildman–Crippen LogP) is -0.441. The van der Waals surface area contributed by atoms with Gasteiger partial charge in [-0.2, -0.15) is 0 Å². The Kier molecular flexibility index (Phi) is 5.32. The first-order valence-electron chi connectivity index (χ1n) is 6.33. The highest BCUT2D eigenvalue weighted by Gasteiger charge is 2.35. The van der Waals surface area contributed by atoms with Crippen molar-refractivity contribution in [2.24, 2.45) is 0 Å². The van der Waals surface area contributed by atoms with Crippen LogP contribution in [-0.4, -0.2) is 64.9 Å². The van der Waals surface area contributed by atoms with Crippen LogP contribution in [0.25, 0.3) is 0 Å². The second kappa shape index (κ2) is 6.56. The molecular weight excluding hydrogens is 268 g/mol. The van der Waals surface area contributed by atoms with E-state index >= 15 is 0 Å². The number of esters is 1. The molecule has 2 unspecified atom stereocenters. The van der Waals surface area contributed by atoms with Gasteiger partial charge < -0.3 is 25.2 Å². The van der Waals surface area contributed by atoms with E-state index < -0.39 is 36.0 Å². The number of nitrogens with one attached hydrogen (secondary N) is 1. The second-order valence-corrected chi connectivity index (χ2v) is 5.10. The van der Waals surface area contributed by atoms with Crippen molar-refractivity contribution in [3.05, 3.63) is 0 Å². The quantitative estimate of drug-likeness (QED) is 0.590. The fourth-order valence-corrected chi connectivity index (χ4v) is 2.15. The molecule has 1 saturated heterocycles. The number of hydrogen-bond acceptors (Lipinski definition) is 5. The number of aliphatic hydroxyl groups is 1. The topological polar surface area (TPSA) is 116 Å². The minimum absolute atomic E-state index is 0.206. The molecule has 0 bridgehead atoms. The number of urea groups is 1. The highest BCUT2D eigenvalue weighted by Crippen LogP contribution is 2.18. The Balaban J connectivity index is 2.54. The summed E-state index contributed by atoms with van der Waals surface area (Å²) in [6.45, 7) is 1.54. The molecule has 114 valence electrons. The molecule has 0 aliphatic carbocycles. The molecule has 0 aromatic carbocycles. The number of nitrogens with zero attached hydrogens (tertiary/aromatic N) is 1. The predicted molar refractivity (Wildman–Crippen MR) is 68.0 cm³/mol. The molecule has 2 amide bonds. The Morgan fingerprint density at radius 2 is 2.10 bits per heavy atom. The molecule has 8 nitrogen and oxygen atoms in total. The Morgan fingerprint density at radius 3 is 2.65 bits per heavy atom. The average Bonchev–Trinajstić information content (AvgIpc) is 2.82. The lowest BCUT2D eigenvalue weighted by Gasteiger charge is -2.26. The molecule has 8 heteroatoms. The molecule has 2 atom stereocenters. The number of ether oxygens (including phenoxy) is 1. The van der Waals surface area contributed by atoms with E-state index in [4.69, 9.17) is 5.11 Å². The maximum absolute atomic E-state index is 12.0. The van der Waals surface area contributed by atoms with Crippen molar-refractivity contribution >= 4 is 18.0 Å². The van der Waals surface area contributed by atoms with Gasteiger partial charge >= 0.3 is 18.0 Å². The van der Waals surface area contributed by atoms with E-state index in [0.29, 0.717) is 19.4 Å². The van der Waals surface area contributed by atoms with E-state index in [-0.39, 0.29) is 6.54 Å². The van der Waals surface area contributed by atoms with Gasteiger partial charge in [-0.15, -0.1) is 0 Å². The van der Waals surface area contributed by atoms with Gasteiger partial charge in [0.15, 0.2) is 0 Å². The summed E-state index contributed by atoms with van der Waals surface area (Å²) in [4.78, 5) is 35.3. The Hall–Kier alpha value is -1.83. The minimum Gasteiger partial charge on any atom is -0.481 e. The summed E-state index contributed by atoms with van der Waals surface area (Å²) in [6.07, 6.45) is 0.748. The summed E-state index contributed by atoms with van der Waals surface area (Å²) in [5, 5.41) is 20.9. The van der Waals surface area contributed by atoms with Crippen LogP contribution in [0.4, 0.5) is 4.79 Å². The van der Waals surface area contributed by atoms with Crippen LogP contribution in [0, 0.1) is 0 Å². The average molecular weight is 288 g/mol. The first-order valence-corrected chi connectivity index (χ1v) is 6.33. The van der Waals surface area contributed by atoms with E-state index in [9.17, 15) is 19.5 Å². The van der Waals surface area contributed by atoms with Crippen LogP contribution in [0.15, 0.2) is 0 Å². The number of amides is 2. The highest BCUT2D eigenvalue weighted by atomic mass is 16.5. The first kappa shape index (κ1) is 16.2. The molecule has 1 heterocycles. The number of carboxylic acid groups (broad SMARTS) is 1. The molecule has 1 aliphatic rings. The van der Waals surface area contributed by atoms with Crippen molar-refractivity contribution in [3.63, 3.8) is 0 Å². The van der Waals surface area contributed by atoms with Gasteiger partial charge in [-0.3, -0.25) is 4.79 Å². The van der Waals surface area contributed by atoms with Crippen molar-refractivity contribution in [1.82, 2.24) is 10.2 Å². The van der Waals surface area contributed by atoms with Crippen molar-refractivity contribution in [3.8, 4) is 0 Å². The van der Waals surface area contributed by atoms with Gasteiger partial charge in [0, 0.05) is 13.1 Å². The van der Waals surface area contributed by atoms with Gasteiger partial charge in [0.2, 0.25) is 0 Å². The third kappa shape index (κ3) is 4.37. The molecule has 1 fully saturated rings. The monoisotopic (exact) mass is 288 g/mol. The van der Waals surface area contributed by atoms with Crippen LogP contribution in [0.5, 0.6) is 0 Å². The molecule has 0 aromatic rings. The number of rotatable bonds is 5. The number of carbonyl (C=O) groups is 3. The highest BCUT2D eigenvalue weighted by molar-refractivity contribution is 5.84. The molecular formula is C12H20N2O6. The standard InChI is InChI=1S/C12H20N2O6/c1-12(19,6-9(15)16)7-13-11(18)14-5-3-4-8(14)10(17)20-2/h8,19H,3-7H2,1-2H3,(H,13,18)(H,15,16). The van der Waals surface area contributed by atoms with Crippen LogP contribution >= 0.6 is 0 Å². The third-order valence-corrected chi connectivity index (χ3v) is 3.14. The van der Waals surface area contributed by atoms with E-state index in [2.05, 4.69) is 10.1 Å². The zero-order valence-electron chi connectivity index (χ0n) is 11.6. The summed E-state index contributed by atoms with van der Waals surface area (Å²) >= 11 is 0. The normalized spacial score (nSPS) is 21.1. The number of likely N-dealkylation sites (tertiary alicyclic amines) is 1. The minimum atomic E-state index is -1.54. The summed E-state index contributed by atoms with van der Waals surface area (Å²) in [5.74, 6) is -1.63. The molecule has 0 aromatic heterocycles. The number of carbonyl (C=O) groups excluding carboxylic acids is 2. The lowest BCUT2D eigenvalue weighted by atomic mass is 10.0. The molecule has 0 radical (unpaired) electrons. The molecule has 0 spiro atoms. The molecule has 1 aliphatic heterocycles. The van der Waals surface area contributed by atoms with E-state index in [1.807, 2.05) is 0 Å². The largest absolute Gasteiger partial charge is 0.481 e. The zero-order valence-corrected chi connectivity index (χ0v) is 11.6. The molecule has 1 rings (SSSR count). The van der Waals surface area contributed by atoms with Crippen molar-refractivity contribution < 1.29 is 29.3 Å². The number of methoxy groups -OCH3 is 1. The molecule has 0 saturated carbocycles. The maximum Gasteiger partial charge on any atom is 0.328 e. The van der Waals surface area contributed by atoms with Crippen molar-refractivity contribution in [2.75, 3.05) is 20.2 Å². The summed E-state index contributed by atoms with van der Waals surface area (Å²) < 4.78 is 4.62. The third-order valence-electron chi connectivity index (χ3n) is 3.14. The van der Waals surface area contributed by atoms with Crippen LogP contribution in [0.3, 0.4) is 0 Å². The van der Waals surface area contributed by atoms with Gasteiger partial charge in [0.1, 0.15) is 6.04 Å². The van der Waals surface area contributed by atoms with Gasteiger partial charge in [0.05, 0.1) is 19.1 Å². The van der Waals surface area contributed by atoms with Gasteiger partial charge in [-0.05, 0) is 19.8 Å². The van der Waals surface area contributed by atoms with Crippen LogP contribution in [0.2, 0.25) is 0 Å². The summed E-state index contributed by atoms with van der Waals surface area (Å²) in [7, 11) is 1.26. The first-order chi connectivity index (χ1) is 9.26. The maximum atomic E-state index is 12.0. The lowest BCUT2D eigenvalue weighted by molar-refractivity contribution is -0.145. The molecule has 3 N–H and O–H groups in total. The Bertz CT molecular complexity index is 395. The van der Waals surface area contributed by atoms with Gasteiger partial charge in [-0.1, -0.05) is 0 Å². The SMILES string of the molecule is COC(=O)C1CCCN1C(=O)NCC(C)(O)CC(=O)O. The Morgan fingerprint density at radius 1 is 1.45 bits per heavy atom. The van der Waals surface area contributed by atoms with E-state index in [1.165, 1.54) is 18.9 Å². The Labute approximate surface area is 116 Å². The van der Waals surface area contributed by atoms with Crippen LogP contribution in [0.1, 0.15) is 26.2 Å². The number of aliphatic carboxylic acids is 1. The van der Waals surface area contributed by atoms with E-state index in [0.717, 1.165) is 0 Å². The summed E-state index contributed by atoms with van der Waals surface area (Å²) in [5.41, 5.74) is -1.54. The summed E-state index contributed by atoms with van der Waals surface area (Å²) in [6, 6.07) is -1.13. The van der Waals surface area contributed by atoms with E-state index in [1.54, 1.807) is 0 Å². The van der Waals surface area contributed by atoms with Crippen LogP contribution < -0.4 is 5.32 Å². The fraction of sp³-hybridized carbons (Fsp3) is 0.750. The van der Waals surface area contributed by atoms with Crippen molar-refractivity contribution in [1.29, 1.82) is 0 Å². The lowest BCUT2D eigenvalue weighted by Crippen LogP contribution is -2.50. The molecule has 20 heavy (non-hydrogen) atoms. The van der Waals surface area contributed by atoms with Crippen LogP contribution in [-0.2, 0) is 14.3 Å². The van der Waals surface area contributed by atoms with Gasteiger partial charge in [0.25, 0.3) is 0 Å². The van der Waals surface area contributed by atoms with Gasteiger partial charge in [-0.25, -0.2) is 9.59 Å². The zero-order chi connectivity index (χ0) is 15.3. The smallest absolute Gasteiger partial charge is 0.328 e.